The van der Waals surface area contributed by atoms with Crippen LogP contribution in [0.1, 0.15) is 18.4 Å². The standard InChI is InChI=1S/C16H22N2O2.ClH/c1-6-10-18(5)12-13(2)14-8-7-9-15(11-14)20-16(19)17(3)4;/h1,7-9,11,13H,10,12H2,2-5H3;1H. The monoisotopic (exact) mass is 310 g/mol. The lowest BCUT2D eigenvalue weighted by molar-refractivity contribution is 0.172. The molecule has 1 atom stereocenters. The maximum Gasteiger partial charge on any atom is 0.414 e. The third-order valence-electron chi connectivity index (χ3n) is 2.94. The molecular formula is C16H23ClN2O2. The van der Waals surface area contributed by atoms with Gasteiger partial charge in [0.2, 0.25) is 0 Å². The highest BCUT2D eigenvalue weighted by Crippen LogP contribution is 2.21. The van der Waals surface area contributed by atoms with Crippen LogP contribution in [0, 0.1) is 12.3 Å². The van der Waals surface area contributed by atoms with Crippen LogP contribution in [0.4, 0.5) is 4.79 Å². The first kappa shape index (κ1) is 19.3. The number of rotatable bonds is 5. The third kappa shape index (κ3) is 6.52. The molecule has 4 nitrogen and oxygen atoms in total. The minimum Gasteiger partial charge on any atom is -0.410 e. The van der Waals surface area contributed by atoms with E-state index in [-0.39, 0.29) is 18.5 Å². The molecule has 0 aliphatic rings. The largest absolute Gasteiger partial charge is 0.414 e. The van der Waals surface area contributed by atoms with Crippen molar-refractivity contribution in [2.45, 2.75) is 12.8 Å². The number of benzene rings is 1. The predicted octanol–water partition coefficient (Wildman–Crippen LogP) is 2.84. The first-order chi connectivity index (χ1) is 9.43. The van der Waals surface area contributed by atoms with E-state index in [1.807, 2.05) is 25.2 Å². The number of hydrogen-bond donors (Lipinski definition) is 0. The minimum absolute atomic E-state index is 0. The van der Waals surface area contributed by atoms with Gasteiger partial charge in [0, 0.05) is 20.6 Å². The van der Waals surface area contributed by atoms with Crippen molar-refractivity contribution in [1.82, 2.24) is 9.80 Å². The summed E-state index contributed by atoms with van der Waals surface area (Å²) in [5, 5.41) is 0. The summed E-state index contributed by atoms with van der Waals surface area (Å²) in [5.74, 6) is 3.50. The quantitative estimate of drug-likeness (QED) is 0.784. The molecule has 1 unspecified atom stereocenters. The van der Waals surface area contributed by atoms with E-state index in [1.165, 1.54) is 4.90 Å². The van der Waals surface area contributed by atoms with Gasteiger partial charge in [0.25, 0.3) is 0 Å². The number of likely N-dealkylation sites (N-methyl/N-ethyl adjacent to an activating group) is 1. The molecule has 0 radical (unpaired) electrons. The molecule has 0 saturated heterocycles. The van der Waals surface area contributed by atoms with Gasteiger partial charge in [-0.15, -0.1) is 18.8 Å². The molecular weight excluding hydrogens is 288 g/mol. The van der Waals surface area contributed by atoms with Gasteiger partial charge in [0.1, 0.15) is 5.75 Å². The van der Waals surface area contributed by atoms with Crippen molar-refractivity contribution >= 4 is 18.5 Å². The van der Waals surface area contributed by atoms with Crippen LogP contribution in [0.2, 0.25) is 0 Å². The Morgan fingerprint density at radius 2 is 2.05 bits per heavy atom. The van der Waals surface area contributed by atoms with Crippen LogP contribution in [0.15, 0.2) is 24.3 Å². The van der Waals surface area contributed by atoms with Crippen molar-refractivity contribution in [3.63, 3.8) is 0 Å². The highest BCUT2D eigenvalue weighted by molar-refractivity contribution is 5.85. The van der Waals surface area contributed by atoms with E-state index < -0.39 is 0 Å². The summed E-state index contributed by atoms with van der Waals surface area (Å²) in [4.78, 5) is 15.0. The Hall–Kier alpha value is -1.70. The van der Waals surface area contributed by atoms with Crippen molar-refractivity contribution < 1.29 is 9.53 Å². The Balaban J connectivity index is 0.00000400. The maximum atomic E-state index is 11.5. The molecule has 0 N–H and O–H groups in total. The molecule has 116 valence electrons. The summed E-state index contributed by atoms with van der Waals surface area (Å²) in [6.07, 6.45) is 4.92. The lowest BCUT2D eigenvalue weighted by Crippen LogP contribution is -2.25. The number of ether oxygens (including phenoxy) is 1. The van der Waals surface area contributed by atoms with Gasteiger partial charge in [-0.2, -0.15) is 0 Å². The van der Waals surface area contributed by atoms with Crippen LogP contribution in [-0.4, -0.2) is 50.1 Å². The summed E-state index contributed by atoms with van der Waals surface area (Å²) < 4.78 is 5.26. The van der Waals surface area contributed by atoms with Crippen LogP contribution < -0.4 is 4.74 Å². The van der Waals surface area contributed by atoms with Crippen molar-refractivity contribution in [1.29, 1.82) is 0 Å². The second-order valence-electron chi connectivity index (χ2n) is 5.14. The second-order valence-corrected chi connectivity index (χ2v) is 5.14. The molecule has 0 spiro atoms. The van der Waals surface area contributed by atoms with E-state index in [9.17, 15) is 4.79 Å². The van der Waals surface area contributed by atoms with Crippen molar-refractivity contribution in [2.75, 3.05) is 34.2 Å². The van der Waals surface area contributed by atoms with Gasteiger partial charge in [-0.3, -0.25) is 4.90 Å². The number of carbonyl (C=O) groups is 1. The lowest BCUT2D eigenvalue weighted by Gasteiger charge is -2.20. The number of terminal acetylenes is 1. The number of hydrogen-bond acceptors (Lipinski definition) is 3. The number of carbonyl (C=O) groups excluding carboxylic acids is 1. The molecule has 1 rings (SSSR count). The minimum atomic E-state index is -0.376. The van der Waals surface area contributed by atoms with Crippen molar-refractivity contribution in [3.8, 4) is 18.1 Å². The molecule has 0 aliphatic carbocycles. The zero-order chi connectivity index (χ0) is 15.1. The van der Waals surface area contributed by atoms with Crippen LogP contribution in [0.25, 0.3) is 0 Å². The number of halogens is 1. The molecule has 0 aliphatic heterocycles. The van der Waals surface area contributed by atoms with Crippen molar-refractivity contribution in [2.24, 2.45) is 0 Å². The maximum absolute atomic E-state index is 11.5. The van der Waals surface area contributed by atoms with Gasteiger partial charge in [-0.25, -0.2) is 4.79 Å². The van der Waals surface area contributed by atoms with Gasteiger partial charge < -0.3 is 9.64 Å². The highest BCUT2D eigenvalue weighted by atomic mass is 35.5. The van der Waals surface area contributed by atoms with Crippen LogP contribution in [0.3, 0.4) is 0 Å². The van der Waals surface area contributed by atoms with E-state index in [2.05, 4.69) is 17.7 Å². The molecule has 0 aromatic heterocycles. The second kappa shape index (κ2) is 9.28. The molecule has 21 heavy (non-hydrogen) atoms. The topological polar surface area (TPSA) is 32.8 Å². The number of amides is 1. The Labute approximate surface area is 133 Å². The van der Waals surface area contributed by atoms with E-state index >= 15 is 0 Å². The smallest absolute Gasteiger partial charge is 0.410 e. The summed E-state index contributed by atoms with van der Waals surface area (Å²) in [6.45, 7) is 3.61. The zero-order valence-electron chi connectivity index (χ0n) is 13.0. The zero-order valence-corrected chi connectivity index (χ0v) is 13.8. The van der Waals surface area contributed by atoms with Gasteiger partial charge in [0.05, 0.1) is 6.54 Å². The first-order valence-corrected chi connectivity index (χ1v) is 6.55. The van der Waals surface area contributed by atoms with E-state index in [4.69, 9.17) is 11.2 Å². The SMILES string of the molecule is C#CCN(C)CC(C)c1cccc(OC(=O)N(C)C)c1.Cl. The summed E-state index contributed by atoms with van der Waals surface area (Å²) in [6, 6.07) is 7.60. The Kier molecular flexibility index (Phi) is 8.52. The van der Waals surface area contributed by atoms with Crippen LogP contribution in [-0.2, 0) is 0 Å². The van der Waals surface area contributed by atoms with Gasteiger partial charge in [-0.1, -0.05) is 25.0 Å². The average molecular weight is 311 g/mol. The van der Waals surface area contributed by atoms with Gasteiger partial charge in [-0.05, 0) is 30.7 Å². The van der Waals surface area contributed by atoms with E-state index in [1.54, 1.807) is 20.2 Å². The van der Waals surface area contributed by atoms with E-state index in [0.29, 0.717) is 18.2 Å². The summed E-state index contributed by atoms with van der Waals surface area (Å²) >= 11 is 0. The molecule has 0 heterocycles. The molecule has 1 aromatic carbocycles. The van der Waals surface area contributed by atoms with Crippen LogP contribution >= 0.6 is 12.4 Å². The molecule has 1 amide bonds. The molecule has 1 aromatic rings. The van der Waals surface area contributed by atoms with Gasteiger partial charge in [0.15, 0.2) is 0 Å². The molecule has 5 heteroatoms. The fourth-order valence-electron chi connectivity index (χ4n) is 1.87. The molecule has 0 saturated carbocycles. The molecule has 0 fully saturated rings. The highest BCUT2D eigenvalue weighted by Gasteiger charge is 2.11. The third-order valence-corrected chi connectivity index (χ3v) is 2.94. The molecule has 0 bridgehead atoms. The summed E-state index contributed by atoms with van der Waals surface area (Å²) in [5.41, 5.74) is 1.12. The van der Waals surface area contributed by atoms with Crippen LogP contribution in [0.5, 0.6) is 5.75 Å². The Morgan fingerprint density at radius 1 is 1.38 bits per heavy atom. The first-order valence-electron chi connectivity index (χ1n) is 6.55. The summed E-state index contributed by atoms with van der Waals surface area (Å²) in [7, 11) is 5.31. The normalized spacial score (nSPS) is 11.2. The number of nitrogens with zero attached hydrogens (tertiary/aromatic N) is 2. The Bertz CT molecular complexity index is 497. The average Bonchev–Trinajstić information content (AvgIpc) is 2.39. The fraction of sp³-hybridized carbons (Fsp3) is 0.438. The van der Waals surface area contributed by atoms with E-state index in [0.717, 1.165) is 12.1 Å². The Morgan fingerprint density at radius 3 is 2.62 bits per heavy atom. The van der Waals surface area contributed by atoms with Crippen molar-refractivity contribution in [3.05, 3.63) is 29.8 Å². The fourth-order valence-corrected chi connectivity index (χ4v) is 1.87. The lowest BCUT2D eigenvalue weighted by atomic mass is 10.0. The predicted molar refractivity (Wildman–Crippen MR) is 88.1 cm³/mol. The van der Waals surface area contributed by atoms with Gasteiger partial charge >= 0.3 is 6.09 Å².